The van der Waals surface area contributed by atoms with Gasteiger partial charge in [-0.1, -0.05) is 0 Å². The van der Waals surface area contributed by atoms with Gasteiger partial charge in [0.1, 0.15) is 0 Å². The Morgan fingerprint density at radius 3 is 1.29 bits per heavy atom. The van der Waals surface area contributed by atoms with Crippen LogP contribution in [0.15, 0.2) is 0 Å². The molecule has 0 atom stereocenters. The number of halogens is 2. The molecule has 0 aromatic rings. The van der Waals surface area contributed by atoms with E-state index in [1.54, 1.807) is 0 Å². The average Bonchev–Trinajstić information content (AvgIpc) is 1.61. The number of rotatable bonds is 3. The number of unbranched alkanes of at least 4 members (excludes halogenated alkanes) is 1. The second kappa shape index (κ2) is 10.5. The molecule has 0 amide bonds. The van der Waals surface area contributed by atoms with Crippen molar-refractivity contribution in [3.63, 3.8) is 0 Å². The van der Waals surface area contributed by atoms with Gasteiger partial charge < -0.3 is 0 Å². The SMILES string of the molecule is ClCCCCCl.[PbH2]. The van der Waals surface area contributed by atoms with Gasteiger partial charge >= 0.3 is 27.3 Å². The molecular formula is C4H10Cl2Pb. The third kappa shape index (κ3) is 11.2. The zero-order valence-electron chi connectivity index (χ0n) is 4.29. The van der Waals surface area contributed by atoms with Crippen molar-refractivity contribution in [1.82, 2.24) is 0 Å². The molecule has 0 aliphatic heterocycles. The van der Waals surface area contributed by atoms with Gasteiger partial charge in [-0.05, 0) is 12.8 Å². The molecule has 0 rings (SSSR count). The maximum atomic E-state index is 5.32. The molecule has 0 nitrogen and oxygen atoms in total. The molecule has 0 aliphatic carbocycles. The van der Waals surface area contributed by atoms with Gasteiger partial charge in [0, 0.05) is 11.8 Å². The zero-order valence-corrected chi connectivity index (χ0v) is 11.3. The monoisotopic (exact) mass is 336 g/mol. The van der Waals surface area contributed by atoms with Crippen molar-refractivity contribution in [3.05, 3.63) is 0 Å². The fourth-order valence-electron chi connectivity index (χ4n) is 0.189. The van der Waals surface area contributed by atoms with Gasteiger partial charge in [0.05, 0.1) is 0 Å². The first kappa shape index (κ1) is 11.3. The first-order valence-electron chi connectivity index (χ1n) is 2.03. The van der Waals surface area contributed by atoms with E-state index in [9.17, 15) is 0 Å². The summed E-state index contributed by atoms with van der Waals surface area (Å²) >= 11 is 10.6. The Kier molecular flexibility index (Phi) is 16.9. The van der Waals surface area contributed by atoms with Gasteiger partial charge in [-0.25, -0.2) is 0 Å². The van der Waals surface area contributed by atoms with E-state index in [0.717, 1.165) is 24.6 Å². The van der Waals surface area contributed by atoms with Crippen molar-refractivity contribution in [2.24, 2.45) is 0 Å². The van der Waals surface area contributed by atoms with Crippen molar-refractivity contribution in [3.8, 4) is 0 Å². The molecule has 0 bridgehead atoms. The van der Waals surface area contributed by atoms with E-state index in [-0.39, 0.29) is 27.3 Å². The summed E-state index contributed by atoms with van der Waals surface area (Å²) in [7, 11) is 0. The van der Waals surface area contributed by atoms with Crippen LogP contribution >= 0.6 is 23.2 Å². The zero-order chi connectivity index (χ0) is 4.83. The van der Waals surface area contributed by atoms with Gasteiger partial charge in [0.15, 0.2) is 0 Å². The molecule has 0 aliphatic rings. The summed E-state index contributed by atoms with van der Waals surface area (Å²) in [4.78, 5) is 0. The van der Waals surface area contributed by atoms with Crippen molar-refractivity contribution in [2.45, 2.75) is 12.8 Å². The molecular weight excluding hydrogens is 326 g/mol. The Morgan fingerprint density at radius 1 is 0.857 bits per heavy atom. The Balaban J connectivity index is 0. The molecule has 0 aromatic heterocycles. The summed E-state index contributed by atoms with van der Waals surface area (Å²) in [6.45, 7) is 0. The van der Waals surface area contributed by atoms with Gasteiger partial charge in [-0.15, -0.1) is 23.2 Å². The summed E-state index contributed by atoms with van der Waals surface area (Å²) in [5.74, 6) is 1.49. The van der Waals surface area contributed by atoms with Crippen LogP contribution in [0.2, 0.25) is 0 Å². The Labute approximate surface area is 74.7 Å². The van der Waals surface area contributed by atoms with Gasteiger partial charge in [0.25, 0.3) is 0 Å². The topological polar surface area (TPSA) is 0 Å². The predicted octanol–water partition coefficient (Wildman–Crippen LogP) is 1.33. The van der Waals surface area contributed by atoms with Crippen molar-refractivity contribution >= 4 is 50.5 Å². The molecule has 44 valence electrons. The third-order valence-corrected chi connectivity index (χ3v) is 1.05. The molecule has 0 unspecified atom stereocenters. The summed E-state index contributed by atoms with van der Waals surface area (Å²) in [6.07, 6.45) is 2.09. The van der Waals surface area contributed by atoms with Crippen LogP contribution in [-0.2, 0) is 0 Å². The molecule has 2 radical (unpaired) electrons. The molecule has 0 heterocycles. The molecule has 3 heteroatoms. The molecule has 0 spiro atoms. The number of alkyl halides is 2. The normalized spacial score (nSPS) is 7.71. The van der Waals surface area contributed by atoms with E-state index in [1.165, 1.54) is 0 Å². The minimum absolute atomic E-state index is 0. The van der Waals surface area contributed by atoms with Crippen LogP contribution in [0.25, 0.3) is 0 Å². The molecule has 0 N–H and O–H groups in total. The van der Waals surface area contributed by atoms with Crippen molar-refractivity contribution in [1.29, 1.82) is 0 Å². The fourth-order valence-corrected chi connectivity index (χ4v) is 0.567. The first-order chi connectivity index (χ1) is 2.91. The van der Waals surface area contributed by atoms with Crippen LogP contribution < -0.4 is 0 Å². The van der Waals surface area contributed by atoms with E-state index in [4.69, 9.17) is 23.2 Å². The van der Waals surface area contributed by atoms with Crippen molar-refractivity contribution in [2.75, 3.05) is 11.8 Å². The van der Waals surface area contributed by atoms with Crippen LogP contribution in [0.3, 0.4) is 0 Å². The van der Waals surface area contributed by atoms with E-state index in [0.29, 0.717) is 0 Å². The molecule has 0 saturated heterocycles. The third-order valence-electron chi connectivity index (χ3n) is 0.517. The van der Waals surface area contributed by atoms with Gasteiger partial charge in [-0.2, -0.15) is 0 Å². The Hall–Kier alpha value is 1.50. The molecule has 0 fully saturated rings. The number of hydrogen-bond donors (Lipinski definition) is 0. The van der Waals surface area contributed by atoms with E-state index in [2.05, 4.69) is 0 Å². The first-order valence-corrected chi connectivity index (χ1v) is 3.10. The second-order valence-electron chi connectivity index (χ2n) is 1.09. The predicted molar refractivity (Wildman–Crippen MR) is 39.2 cm³/mol. The average molecular weight is 336 g/mol. The van der Waals surface area contributed by atoms with E-state index >= 15 is 0 Å². The fraction of sp³-hybridized carbons (Fsp3) is 1.00. The van der Waals surface area contributed by atoms with Crippen LogP contribution in [0.1, 0.15) is 12.8 Å². The summed E-state index contributed by atoms with van der Waals surface area (Å²) < 4.78 is 0. The van der Waals surface area contributed by atoms with E-state index < -0.39 is 0 Å². The standard InChI is InChI=1S/C4H8Cl2.Pb.2H/c5-3-1-2-4-6;;;/h1-4H2;;;. The quantitative estimate of drug-likeness (QED) is 0.414. The van der Waals surface area contributed by atoms with E-state index in [1.807, 2.05) is 0 Å². The van der Waals surface area contributed by atoms with Gasteiger partial charge in [-0.3, -0.25) is 0 Å². The summed E-state index contributed by atoms with van der Waals surface area (Å²) in [5, 5.41) is 0. The Morgan fingerprint density at radius 2 is 1.14 bits per heavy atom. The number of hydrogen-bond acceptors (Lipinski definition) is 0. The van der Waals surface area contributed by atoms with Crippen LogP contribution in [-0.4, -0.2) is 39.1 Å². The molecule has 0 saturated carbocycles. The van der Waals surface area contributed by atoms with Gasteiger partial charge in [0.2, 0.25) is 0 Å². The molecule has 7 heavy (non-hydrogen) atoms. The maximum absolute atomic E-state index is 5.32. The molecule has 0 aromatic carbocycles. The Bertz CT molecular complexity index is 21.7. The second-order valence-corrected chi connectivity index (χ2v) is 1.84. The summed E-state index contributed by atoms with van der Waals surface area (Å²) in [5.41, 5.74) is 0. The van der Waals surface area contributed by atoms with Crippen LogP contribution in [0.5, 0.6) is 0 Å². The van der Waals surface area contributed by atoms with Crippen LogP contribution in [0.4, 0.5) is 0 Å². The minimum atomic E-state index is 0. The summed E-state index contributed by atoms with van der Waals surface area (Å²) in [6, 6.07) is 0. The van der Waals surface area contributed by atoms with Crippen LogP contribution in [0, 0.1) is 0 Å². The van der Waals surface area contributed by atoms with Crippen molar-refractivity contribution < 1.29 is 0 Å².